The maximum atomic E-state index is 3.81. The Labute approximate surface area is 115 Å². The molecular formula is C17H35N. The molecule has 0 aromatic carbocycles. The Morgan fingerprint density at radius 2 is 1.61 bits per heavy atom. The number of hydrogen-bond acceptors (Lipinski definition) is 1. The van der Waals surface area contributed by atoms with Crippen LogP contribution in [0.4, 0.5) is 0 Å². The van der Waals surface area contributed by atoms with E-state index in [0.29, 0.717) is 5.41 Å². The zero-order chi connectivity index (χ0) is 13.3. The summed E-state index contributed by atoms with van der Waals surface area (Å²) in [6.07, 6.45) is 15.6. The maximum Gasteiger partial charge on any atom is 0.0118 e. The van der Waals surface area contributed by atoms with Gasteiger partial charge in [-0.25, -0.2) is 0 Å². The first-order chi connectivity index (χ1) is 8.67. The van der Waals surface area contributed by atoms with E-state index in [9.17, 15) is 0 Å². The molecule has 1 fully saturated rings. The monoisotopic (exact) mass is 253 g/mol. The minimum Gasteiger partial charge on any atom is -0.313 e. The van der Waals surface area contributed by atoms with Crippen molar-refractivity contribution in [1.82, 2.24) is 5.32 Å². The molecule has 1 saturated carbocycles. The van der Waals surface area contributed by atoms with Gasteiger partial charge < -0.3 is 5.32 Å². The van der Waals surface area contributed by atoms with Crippen LogP contribution in [0.25, 0.3) is 0 Å². The lowest BCUT2D eigenvalue weighted by atomic mass is 9.73. The van der Waals surface area contributed by atoms with E-state index in [1.54, 1.807) is 0 Å². The lowest BCUT2D eigenvalue weighted by Gasteiger charge is -2.39. The first-order valence-electron chi connectivity index (χ1n) is 8.40. The van der Waals surface area contributed by atoms with Gasteiger partial charge in [0.25, 0.3) is 0 Å². The fourth-order valence-corrected chi connectivity index (χ4v) is 3.23. The molecule has 1 nitrogen and oxygen atoms in total. The Bertz CT molecular complexity index is 198. The van der Waals surface area contributed by atoms with Crippen molar-refractivity contribution >= 4 is 0 Å². The third-order valence-electron chi connectivity index (χ3n) is 4.68. The van der Waals surface area contributed by atoms with Gasteiger partial charge in [0.15, 0.2) is 0 Å². The van der Waals surface area contributed by atoms with Gasteiger partial charge in [0.1, 0.15) is 0 Å². The summed E-state index contributed by atoms with van der Waals surface area (Å²) in [7, 11) is 0. The van der Waals surface area contributed by atoms with Crippen LogP contribution in [0.1, 0.15) is 91.4 Å². The summed E-state index contributed by atoms with van der Waals surface area (Å²) < 4.78 is 0. The molecule has 0 aromatic heterocycles. The normalized spacial score (nSPS) is 23.2. The molecule has 1 N–H and O–H groups in total. The second-order valence-electron chi connectivity index (χ2n) is 6.86. The van der Waals surface area contributed by atoms with Gasteiger partial charge in [-0.3, -0.25) is 0 Å². The van der Waals surface area contributed by atoms with Gasteiger partial charge in [-0.15, -0.1) is 0 Å². The quantitative estimate of drug-likeness (QED) is 0.550. The average Bonchev–Trinajstić information content (AvgIpc) is 2.34. The second-order valence-corrected chi connectivity index (χ2v) is 6.86. The summed E-state index contributed by atoms with van der Waals surface area (Å²) in [6.45, 7) is 8.40. The van der Waals surface area contributed by atoms with Gasteiger partial charge in [0.2, 0.25) is 0 Å². The molecule has 1 aliphatic carbocycles. The molecule has 0 heterocycles. The van der Waals surface area contributed by atoms with Gasteiger partial charge in [0.05, 0.1) is 0 Å². The minimum absolute atomic E-state index is 0.527. The first kappa shape index (κ1) is 16.0. The number of unbranched alkanes of at least 4 members (excludes halogenated alkanes) is 6. The predicted molar refractivity (Wildman–Crippen MR) is 82.0 cm³/mol. The average molecular weight is 253 g/mol. The zero-order valence-corrected chi connectivity index (χ0v) is 13.1. The summed E-state index contributed by atoms with van der Waals surface area (Å²) >= 11 is 0. The van der Waals surface area contributed by atoms with Crippen LogP contribution in [0, 0.1) is 5.41 Å². The summed E-state index contributed by atoms with van der Waals surface area (Å²) in [6, 6.07) is 0.770. The third-order valence-corrected chi connectivity index (χ3v) is 4.68. The highest BCUT2D eigenvalue weighted by atomic mass is 14.9. The van der Waals surface area contributed by atoms with E-state index in [-0.39, 0.29) is 0 Å². The first-order valence-corrected chi connectivity index (χ1v) is 8.40. The topological polar surface area (TPSA) is 12.0 Å². The van der Waals surface area contributed by atoms with E-state index >= 15 is 0 Å². The smallest absolute Gasteiger partial charge is 0.0118 e. The Hall–Kier alpha value is -0.0400. The van der Waals surface area contributed by atoms with Crippen LogP contribution >= 0.6 is 0 Å². The van der Waals surface area contributed by atoms with Crippen molar-refractivity contribution in [3.05, 3.63) is 0 Å². The van der Waals surface area contributed by atoms with Gasteiger partial charge in [-0.1, -0.05) is 72.1 Å². The largest absolute Gasteiger partial charge is 0.313 e. The molecule has 18 heavy (non-hydrogen) atoms. The summed E-state index contributed by atoms with van der Waals surface area (Å²) in [5.74, 6) is 0. The van der Waals surface area contributed by atoms with E-state index in [1.807, 2.05) is 0 Å². The molecular weight excluding hydrogens is 218 g/mol. The van der Waals surface area contributed by atoms with E-state index in [2.05, 4.69) is 26.1 Å². The molecule has 1 unspecified atom stereocenters. The summed E-state index contributed by atoms with van der Waals surface area (Å²) in [5.41, 5.74) is 0.527. The van der Waals surface area contributed by atoms with Crippen molar-refractivity contribution in [3.63, 3.8) is 0 Å². The highest BCUT2D eigenvalue weighted by Crippen LogP contribution is 2.35. The van der Waals surface area contributed by atoms with Crippen LogP contribution in [0.3, 0.4) is 0 Å². The van der Waals surface area contributed by atoms with Crippen molar-refractivity contribution in [3.8, 4) is 0 Å². The van der Waals surface area contributed by atoms with Gasteiger partial charge in [-0.2, -0.15) is 0 Å². The molecule has 1 heteroatoms. The van der Waals surface area contributed by atoms with Crippen LogP contribution in [0.5, 0.6) is 0 Å². The number of rotatable bonds is 9. The number of hydrogen-bond donors (Lipinski definition) is 1. The standard InChI is InChI=1S/C17H35N/c1-4-5-6-7-8-9-12-15-18-16-13-10-11-14-17(16,2)3/h16,18H,4-15H2,1-3H3. The van der Waals surface area contributed by atoms with Gasteiger partial charge in [-0.05, 0) is 31.2 Å². The van der Waals surface area contributed by atoms with Crippen LogP contribution in [-0.2, 0) is 0 Å². The van der Waals surface area contributed by atoms with Crippen molar-refractivity contribution in [1.29, 1.82) is 0 Å². The van der Waals surface area contributed by atoms with E-state index in [1.165, 1.54) is 77.2 Å². The van der Waals surface area contributed by atoms with Crippen LogP contribution < -0.4 is 5.32 Å². The van der Waals surface area contributed by atoms with Crippen molar-refractivity contribution in [2.24, 2.45) is 5.41 Å². The van der Waals surface area contributed by atoms with Crippen molar-refractivity contribution in [2.45, 2.75) is 97.4 Å². The highest BCUT2D eigenvalue weighted by Gasteiger charge is 2.31. The molecule has 1 atom stereocenters. The molecule has 0 radical (unpaired) electrons. The SMILES string of the molecule is CCCCCCCCCNC1CCCCC1(C)C. The summed E-state index contributed by atoms with van der Waals surface area (Å²) in [5, 5.41) is 3.81. The molecule has 0 bridgehead atoms. The van der Waals surface area contributed by atoms with Crippen LogP contribution in [0.15, 0.2) is 0 Å². The fraction of sp³-hybridized carbons (Fsp3) is 1.00. The molecule has 0 saturated heterocycles. The van der Waals surface area contributed by atoms with Crippen LogP contribution in [-0.4, -0.2) is 12.6 Å². The molecule has 0 aromatic rings. The van der Waals surface area contributed by atoms with Crippen molar-refractivity contribution in [2.75, 3.05) is 6.54 Å². The lowest BCUT2D eigenvalue weighted by Crippen LogP contribution is -2.44. The fourth-order valence-electron chi connectivity index (χ4n) is 3.23. The molecule has 108 valence electrons. The van der Waals surface area contributed by atoms with Gasteiger partial charge in [0, 0.05) is 6.04 Å². The Kier molecular flexibility index (Phi) is 7.97. The Morgan fingerprint density at radius 1 is 0.944 bits per heavy atom. The predicted octanol–water partition coefficient (Wildman–Crippen LogP) is 5.30. The summed E-state index contributed by atoms with van der Waals surface area (Å²) in [4.78, 5) is 0. The minimum atomic E-state index is 0.527. The third kappa shape index (κ3) is 6.22. The van der Waals surface area contributed by atoms with E-state index in [0.717, 1.165) is 6.04 Å². The Morgan fingerprint density at radius 3 is 2.28 bits per heavy atom. The lowest BCUT2D eigenvalue weighted by molar-refractivity contribution is 0.167. The van der Waals surface area contributed by atoms with E-state index in [4.69, 9.17) is 0 Å². The highest BCUT2D eigenvalue weighted by molar-refractivity contribution is 4.87. The second kappa shape index (κ2) is 8.96. The zero-order valence-electron chi connectivity index (χ0n) is 13.1. The van der Waals surface area contributed by atoms with E-state index < -0.39 is 0 Å². The molecule has 0 aliphatic heterocycles. The molecule has 1 aliphatic rings. The number of nitrogens with one attached hydrogen (secondary N) is 1. The molecule has 0 amide bonds. The van der Waals surface area contributed by atoms with Crippen molar-refractivity contribution < 1.29 is 0 Å². The van der Waals surface area contributed by atoms with Crippen LogP contribution in [0.2, 0.25) is 0 Å². The van der Waals surface area contributed by atoms with Gasteiger partial charge >= 0.3 is 0 Å². The maximum absolute atomic E-state index is 3.81. The molecule has 0 spiro atoms. The Balaban J connectivity index is 1.97. The molecule has 1 rings (SSSR count).